The van der Waals surface area contributed by atoms with Crippen LogP contribution in [0.4, 0.5) is 0 Å². The molecule has 0 rings (SSSR count). The second kappa shape index (κ2) is 5.97. The largest absolute Gasteiger partial charge is 1.00 e. The van der Waals surface area contributed by atoms with E-state index in [9.17, 15) is 29.7 Å². The summed E-state index contributed by atoms with van der Waals surface area (Å²) in [6.45, 7) is 0. The number of hydrogen-bond acceptors (Lipinski definition) is 7. The van der Waals surface area contributed by atoms with Gasteiger partial charge in [-0.3, -0.25) is 0 Å². The normalized spacial score (nSPS) is 10.1. The zero-order chi connectivity index (χ0) is 10.6. The fourth-order valence-corrected chi connectivity index (χ4v) is 0.684. The minimum atomic E-state index is -2.97. The Morgan fingerprint density at radius 3 is 1.43 bits per heavy atom. The molecular weight excluding hydrogens is 207 g/mol. The van der Waals surface area contributed by atoms with E-state index in [0.717, 1.165) is 0 Å². The molecule has 0 aliphatic rings. The van der Waals surface area contributed by atoms with Crippen LogP contribution in [0.5, 0.6) is 0 Å². The summed E-state index contributed by atoms with van der Waals surface area (Å²) in [7, 11) is 0. The van der Waals surface area contributed by atoms with Crippen LogP contribution in [0, 0.1) is 0 Å². The summed E-state index contributed by atoms with van der Waals surface area (Å²) in [5, 5.41) is 38.9. The SMILES string of the molecule is O=C([O-])CC(O)(CC(=O)[O-])C(=O)[O-].[Na+]. The van der Waals surface area contributed by atoms with Crippen LogP contribution >= 0.6 is 0 Å². The zero-order valence-corrected chi connectivity index (χ0v) is 9.31. The van der Waals surface area contributed by atoms with Crippen molar-refractivity contribution in [2.75, 3.05) is 0 Å². The summed E-state index contributed by atoms with van der Waals surface area (Å²) in [4.78, 5) is 30.0. The standard InChI is InChI=1S/C6H8O7.Na/c7-3(8)1-6(13,5(11)12)2-4(9)10;/h13H,1-2H2,(H,7,8)(H,9,10)(H,11,12);/q;+1/p-3. The molecule has 0 saturated carbocycles. The van der Waals surface area contributed by atoms with Crippen molar-refractivity contribution >= 4 is 17.9 Å². The van der Waals surface area contributed by atoms with Gasteiger partial charge in [0.25, 0.3) is 0 Å². The van der Waals surface area contributed by atoms with Gasteiger partial charge in [-0.2, -0.15) is 0 Å². The Kier molecular flexibility index (Phi) is 6.75. The van der Waals surface area contributed by atoms with E-state index >= 15 is 0 Å². The van der Waals surface area contributed by atoms with Crippen LogP contribution < -0.4 is 44.9 Å². The van der Waals surface area contributed by atoms with Crippen LogP contribution in [0.3, 0.4) is 0 Å². The molecule has 0 fully saturated rings. The molecule has 1 N–H and O–H groups in total. The van der Waals surface area contributed by atoms with Crippen LogP contribution in [-0.2, 0) is 14.4 Å². The minimum Gasteiger partial charge on any atom is -0.550 e. The van der Waals surface area contributed by atoms with Gasteiger partial charge in [-0.1, -0.05) is 0 Å². The van der Waals surface area contributed by atoms with E-state index in [-0.39, 0.29) is 29.6 Å². The number of hydrogen-bond donors (Lipinski definition) is 1. The van der Waals surface area contributed by atoms with Gasteiger partial charge in [0, 0.05) is 24.8 Å². The molecule has 0 radical (unpaired) electrons. The van der Waals surface area contributed by atoms with Crippen LogP contribution in [-0.4, -0.2) is 28.6 Å². The van der Waals surface area contributed by atoms with Gasteiger partial charge in [0.2, 0.25) is 0 Å². The van der Waals surface area contributed by atoms with Crippen LogP contribution in [0.15, 0.2) is 0 Å². The monoisotopic (exact) mass is 212 g/mol. The van der Waals surface area contributed by atoms with Crippen molar-refractivity contribution in [1.29, 1.82) is 0 Å². The smallest absolute Gasteiger partial charge is 0.550 e. The molecule has 0 aliphatic heterocycles. The van der Waals surface area contributed by atoms with Crippen LogP contribution in [0.2, 0.25) is 0 Å². The molecule has 74 valence electrons. The van der Waals surface area contributed by atoms with E-state index in [2.05, 4.69) is 0 Å². The summed E-state index contributed by atoms with van der Waals surface area (Å²) in [5.74, 6) is -5.98. The Balaban J connectivity index is 0. The van der Waals surface area contributed by atoms with E-state index < -0.39 is 36.4 Å². The Morgan fingerprint density at radius 2 is 1.29 bits per heavy atom. The van der Waals surface area contributed by atoms with Crippen LogP contribution in [0.1, 0.15) is 12.8 Å². The average Bonchev–Trinajstić information content (AvgIpc) is 1.82. The Hall–Kier alpha value is -0.630. The van der Waals surface area contributed by atoms with Crippen molar-refractivity contribution in [3.8, 4) is 0 Å². The molecule has 0 aromatic carbocycles. The van der Waals surface area contributed by atoms with Crippen molar-refractivity contribution in [3.05, 3.63) is 0 Å². The first kappa shape index (κ1) is 15.8. The quantitative estimate of drug-likeness (QED) is 0.446. The van der Waals surface area contributed by atoms with E-state index in [4.69, 9.17) is 5.11 Å². The topological polar surface area (TPSA) is 141 Å². The molecule has 7 nitrogen and oxygen atoms in total. The maximum absolute atomic E-state index is 10.1. The first-order chi connectivity index (χ1) is 5.78. The Labute approximate surface area is 101 Å². The summed E-state index contributed by atoms with van der Waals surface area (Å²) in [5.41, 5.74) is -2.97. The number of carboxylic acid groups (broad SMARTS) is 3. The van der Waals surface area contributed by atoms with Gasteiger partial charge in [-0.15, -0.1) is 0 Å². The molecule has 0 aromatic heterocycles. The van der Waals surface area contributed by atoms with Gasteiger partial charge in [0.05, 0.1) is 5.97 Å². The minimum absolute atomic E-state index is 0. The molecule has 0 unspecified atom stereocenters. The summed E-state index contributed by atoms with van der Waals surface area (Å²) >= 11 is 0. The van der Waals surface area contributed by atoms with Crippen molar-refractivity contribution in [1.82, 2.24) is 0 Å². The molecule has 0 bridgehead atoms. The first-order valence-corrected chi connectivity index (χ1v) is 3.11. The number of carboxylic acids is 3. The molecule has 0 aromatic rings. The van der Waals surface area contributed by atoms with Gasteiger partial charge in [0.15, 0.2) is 0 Å². The molecular formula is C6H5NaO7-2. The number of carbonyl (C=O) groups is 3. The van der Waals surface area contributed by atoms with Gasteiger partial charge in [-0.05, 0) is 0 Å². The number of aliphatic carboxylic acids is 3. The number of rotatable bonds is 5. The molecule has 14 heavy (non-hydrogen) atoms. The van der Waals surface area contributed by atoms with Gasteiger partial charge >= 0.3 is 29.6 Å². The van der Waals surface area contributed by atoms with Gasteiger partial charge < -0.3 is 34.8 Å². The third-order valence-corrected chi connectivity index (χ3v) is 1.25. The number of aliphatic hydroxyl groups is 1. The van der Waals surface area contributed by atoms with Crippen molar-refractivity contribution in [2.45, 2.75) is 18.4 Å². The van der Waals surface area contributed by atoms with Crippen molar-refractivity contribution in [2.24, 2.45) is 0 Å². The Bertz CT molecular complexity index is 233. The summed E-state index contributed by atoms with van der Waals surface area (Å²) in [6, 6.07) is 0. The molecule has 0 aliphatic carbocycles. The average molecular weight is 212 g/mol. The summed E-state index contributed by atoms with van der Waals surface area (Å²) < 4.78 is 0. The molecule has 8 heteroatoms. The summed E-state index contributed by atoms with van der Waals surface area (Å²) in [6.07, 6.45) is -2.72. The molecule has 0 atom stereocenters. The molecule has 0 saturated heterocycles. The second-order valence-corrected chi connectivity index (χ2v) is 2.42. The van der Waals surface area contributed by atoms with E-state index in [1.54, 1.807) is 0 Å². The maximum Gasteiger partial charge on any atom is 1.00 e. The molecule has 0 heterocycles. The fourth-order valence-electron chi connectivity index (χ4n) is 0.684. The molecule has 0 amide bonds. The van der Waals surface area contributed by atoms with E-state index in [1.165, 1.54) is 0 Å². The zero-order valence-electron chi connectivity index (χ0n) is 7.31. The fraction of sp³-hybridized carbons (Fsp3) is 0.500. The third-order valence-electron chi connectivity index (χ3n) is 1.25. The molecule has 0 spiro atoms. The predicted molar refractivity (Wildman–Crippen MR) is 29.2 cm³/mol. The van der Waals surface area contributed by atoms with Crippen molar-refractivity contribution in [3.63, 3.8) is 0 Å². The van der Waals surface area contributed by atoms with E-state index in [1.807, 2.05) is 0 Å². The first-order valence-electron chi connectivity index (χ1n) is 3.11. The second-order valence-electron chi connectivity index (χ2n) is 2.42. The van der Waals surface area contributed by atoms with E-state index in [0.29, 0.717) is 0 Å². The van der Waals surface area contributed by atoms with Crippen molar-refractivity contribution < 1.29 is 64.4 Å². The predicted octanol–water partition coefficient (Wildman–Crippen LogP) is -8.25. The number of carbonyl (C=O) groups excluding carboxylic acids is 3. The van der Waals surface area contributed by atoms with Gasteiger partial charge in [0.1, 0.15) is 5.60 Å². The Morgan fingerprint density at radius 1 is 1.00 bits per heavy atom. The maximum atomic E-state index is 10.1. The van der Waals surface area contributed by atoms with Crippen LogP contribution in [0.25, 0.3) is 0 Å². The third kappa shape index (κ3) is 5.18. The van der Waals surface area contributed by atoms with Gasteiger partial charge in [-0.25, -0.2) is 0 Å².